The molecule has 0 amide bonds. The van der Waals surface area contributed by atoms with Gasteiger partial charge in [0.15, 0.2) is 0 Å². The van der Waals surface area contributed by atoms with Crippen LogP contribution in [0, 0.1) is 0 Å². The first-order chi connectivity index (χ1) is 6.41. The predicted octanol–water partition coefficient (Wildman–Crippen LogP) is 2.84. The second kappa shape index (κ2) is 12.2. The summed E-state index contributed by atoms with van der Waals surface area (Å²) >= 11 is 5.52. The highest BCUT2D eigenvalue weighted by Gasteiger charge is 1.90. The Labute approximate surface area is 86.6 Å². The largest absolute Gasteiger partial charge is 0.379 e. The van der Waals surface area contributed by atoms with Crippen LogP contribution >= 0.6 is 11.6 Å². The van der Waals surface area contributed by atoms with Crippen LogP contribution in [0.2, 0.25) is 0 Å². The Bertz CT molecular complexity index is 79.0. The van der Waals surface area contributed by atoms with E-state index >= 15 is 0 Å². The van der Waals surface area contributed by atoms with Gasteiger partial charge in [0.05, 0.1) is 13.2 Å². The highest BCUT2D eigenvalue weighted by Crippen LogP contribution is 1.93. The molecule has 0 fully saturated rings. The monoisotopic (exact) mass is 208 g/mol. The van der Waals surface area contributed by atoms with E-state index in [1.165, 1.54) is 6.42 Å². The van der Waals surface area contributed by atoms with E-state index in [9.17, 15) is 0 Å². The van der Waals surface area contributed by atoms with Crippen molar-refractivity contribution in [2.45, 2.75) is 32.6 Å². The van der Waals surface area contributed by atoms with Crippen molar-refractivity contribution in [1.29, 1.82) is 0 Å². The zero-order valence-corrected chi connectivity index (χ0v) is 9.31. The fourth-order valence-electron chi connectivity index (χ4n) is 0.867. The summed E-state index contributed by atoms with van der Waals surface area (Å²) in [5, 5.41) is 0. The van der Waals surface area contributed by atoms with Gasteiger partial charge in [-0.15, -0.1) is 11.6 Å². The lowest BCUT2D eigenvalue weighted by molar-refractivity contribution is 0.0458. The first-order valence-electron chi connectivity index (χ1n) is 5.13. The van der Waals surface area contributed by atoms with Gasteiger partial charge in [-0.25, -0.2) is 0 Å². The minimum atomic E-state index is 0.714. The van der Waals surface area contributed by atoms with Gasteiger partial charge in [-0.2, -0.15) is 0 Å². The Hall–Kier alpha value is 0.210. The number of halogens is 1. The number of unbranched alkanes of at least 4 members (excludes halogenated alkanes) is 2. The minimum Gasteiger partial charge on any atom is -0.379 e. The molecule has 0 bridgehead atoms. The molecule has 0 radical (unpaired) electrons. The molecule has 0 saturated carbocycles. The lowest BCUT2D eigenvalue weighted by atomic mass is 10.4. The molecule has 13 heavy (non-hydrogen) atoms. The maximum atomic E-state index is 5.52. The van der Waals surface area contributed by atoms with Crippen molar-refractivity contribution in [3.8, 4) is 0 Å². The van der Waals surface area contributed by atoms with E-state index in [-0.39, 0.29) is 0 Å². The highest BCUT2D eigenvalue weighted by molar-refractivity contribution is 6.17. The molecule has 0 aliphatic rings. The van der Waals surface area contributed by atoms with Crippen LogP contribution in [0.3, 0.4) is 0 Å². The summed E-state index contributed by atoms with van der Waals surface area (Å²) < 4.78 is 10.7. The van der Waals surface area contributed by atoms with E-state index in [2.05, 4.69) is 6.92 Å². The van der Waals surface area contributed by atoms with Gasteiger partial charge in [0, 0.05) is 19.1 Å². The molecule has 0 aromatic rings. The first kappa shape index (κ1) is 13.2. The first-order valence-corrected chi connectivity index (χ1v) is 5.66. The maximum Gasteiger partial charge on any atom is 0.0700 e. The van der Waals surface area contributed by atoms with Crippen LogP contribution in [-0.4, -0.2) is 32.3 Å². The van der Waals surface area contributed by atoms with Crippen molar-refractivity contribution in [1.82, 2.24) is 0 Å². The van der Waals surface area contributed by atoms with Gasteiger partial charge in [0.2, 0.25) is 0 Å². The zero-order valence-electron chi connectivity index (χ0n) is 8.56. The summed E-state index contributed by atoms with van der Waals surface area (Å²) in [5.74, 6) is 0.733. The van der Waals surface area contributed by atoms with Crippen LogP contribution in [0.4, 0.5) is 0 Å². The van der Waals surface area contributed by atoms with E-state index in [0.29, 0.717) is 6.61 Å². The van der Waals surface area contributed by atoms with E-state index in [1.807, 2.05) is 0 Å². The molecule has 2 nitrogen and oxygen atoms in total. The van der Waals surface area contributed by atoms with Gasteiger partial charge in [0.25, 0.3) is 0 Å². The van der Waals surface area contributed by atoms with Gasteiger partial charge in [-0.1, -0.05) is 13.3 Å². The lowest BCUT2D eigenvalue weighted by Gasteiger charge is -2.04. The Morgan fingerprint density at radius 2 is 1.46 bits per heavy atom. The van der Waals surface area contributed by atoms with Crippen LogP contribution < -0.4 is 0 Å². The summed E-state index contributed by atoms with van der Waals surface area (Å²) in [4.78, 5) is 0. The molecule has 80 valence electrons. The molecule has 0 spiro atoms. The maximum absolute atomic E-state index is 5.52. The number of alkyl halides is 1. The zero-order chi connectivity index (χ0) is 9.78. The number of ether oxygens (including phenoxy) is 2. The van der Waals surface area contributed by atoms with Gasteiger partial charge in [-0.05, 0) is 19.3 Å². The molecule has 0 saturated heterocycles. The number of rotatable bonds is 10. The van der Waals surface area contributed by atoms with Crippen LogP contribution in [0.5, 0.6) is 0 Å². The summed E-state index contributed by atoms with van der Waals surface area (Å²) in [6, 6.07) is 0. The molecular formula is C10H21ClO2. The van der Waals surface area contributed by atoms with E-state index < -0.39 is 0 Å². The predicted molar refractivity (Wildman–Crippen MR) is 56.5 cm³/mol. The van der Waals surface area contributed by atoms with Crippen molar-refractivity contribution in [2.75, 3.05) is 32.3 Å². The van der Waals surface area contributed by atoms with Gasteiger partial charge < -0.3 is 9.47 Å². The molecule has 0 heterocycles. The molecule has 0 atom stereocenters. The lowest BCUT2D eigenvalue weighted by Crippen LogP contribution is -2.06. The van der Waals surface area contributed by atoms with E-state index in [1.54, 1.807) is 0 Å². The second-order valence-electron chi connectivity index (χ2n) is 2.97. The van der Waals surface area contributed by atoms with E-state index in [4.69, 9.17) is 21.1 Å². The van der Waals surface area contributed by atoms with Crippen molar-refractivity contribution in [3.63, 3.8) is 0 Å². The molecular weight excluding hydrogens is 188 g/mol. The average Bonchev–Trinajstić information content (AvgIpc) is 2.16. The summed E-state index contributed by atoms with van der Waals surface area (Å²) in [6.07, 6.45) is 4.43. The standard InChI is InChI=1S/C10H21ClO2/c1-2-3-7-12-9-10-13-8-5-4-6-11/h2-10H2,1H3. The van der Waals surface area contributed by atoms with Gasteiger partial charge >= 0.3 is 0 Å². The fourth-order valence-corrected chi connectivity index (χ4v) is 1.06. The summed E-state index contributed by atoms with van der Waals surface area (Å²) in [6.45, 7) is 5.27. The molecule has 0 rings (SSSR count). The average molecular weight is 209 g/mol. The Morgan fingerprint density at radius 3 is 2.00 bits per heavy atom. The third-order valence-corrected chi connectivity index (χ3v) is 1.95. The Morgan fingerprint density at radius 1 is 0.846 bits per heavy atom. The van der Waals surface area contributed by atoms with Crippen LogP contribution in [0.25, 0.3) is 0 Å². The molecule has 0 unspecified atom stereocenters. The fraction of sp³-hybridized carbons (Fsp3) is 1.00. The second-order valence-corrected chi connectivity index (χ2v) is 3.35. The van der Waals surface area contributed by atoms with Crippen LogP contribution in [0.15, 0.2) is 0 Å². The summed E-state index contributed by atoms with van der Waals surface area (Å²) in [7, 11) is 0. The SMILES string of the molecule is CCCCOCCOCCCCCl. The van der Waals surface area contributed by atoms with E-state index in [0.717, 1.165) is 45.0 Å². The number of hydrogen-bond acceptors (Lipinski definition) is 2. The Balaban J connectivity index is 2.76. The molecule has 0 aliphatic heterocycles. The molecule has 0 aliphatic carbocycles. The molecule has 0 aromatic carbocycles. The minimum absolute atomic E-state index is 0.714. The van der Waals surface area contributed by atoms with Crippen molar-refractivity contribution in [3.05, 3.63) is 0 Å². The van der Waals surface area contributed by atoms with Crippen molar-refractivity contribution < 1.29 is 9.47 Å². The third kappa shape index (κ3) is 12.2. The van der Waals surface area contributed by atoms with Gasteiger partial charge in [0.1, 0.15) is 0 Å². The topological polar surface area (TPSA) is 18.5 Å². The smallest absolute Gasteiger partial charge is 0.0700 e. The highest BCUT2D eigenvalue weighted by atomic mass is 35.5. The normalized spacial score (nSPS) is 10.6. The molecule has 3 heteroatoms. The molecule has 0 N–H and O–H groups in total. The molecule has 0 aromatic heterocycles. The number of hydrogen-bond donors (Lipinski definition) is 0. The van der Waals surface area contributed by atoms with Crippen molar-refractivity contribution >= 4 is 11.6 Å². The van der Waals surface area contributed by atoms with Crippen LogP contribution in [-0.2, 0) is 9.47 Å². The van der Waals surface area contributed by atoms with Gasteiger partial charge in [-0.3, -0.25) is 0 Å². The third-order valence-electron chi connectivity index (χ3n) is 1.69. The Kier molecular flexibility index (Phi) is 12.4. The quantitative estimate of drug-likeness (QED) is 0.406. The van der Waals surface area contributed by atoms with Crippen molar-refractivity contribution in [2.24, 2.45) is 0 Å². The van der Waals surface area contributed by atoms with Crippen LogP contribution in [0.1, 0.15) is 32.6 Å². The summed E-state index contributed by atoms with van der Waals surface area (Å²) in [5.41, 5.74) is 0.